The van der Waals surface area contributed by atoms with Gasteiger partial charge in [0.25, 0.3) is 0 Å². The van der Waals surface area contributed by atoms with Crippen molar-refractivity contribution in [1.82, 2.24) is 10.2 Å². The van der Waals surface area contributed by atoms with Gasteiger partial charge in [-0.15, -0.1) is 0 Å². The van der Waals surface area contributed by atoms with Crippen LogP contribution in [0.3, 0.4) is 0 Å². The van der Waals surface area contributed by atoms with Crippen molar-refractivity contribution in [3.8, 4) is 0 Å². The molecule has 2 N–H and O–H groups in total. The van der Waals surface area contributed by atoms with E-state index in [4.69, 9.17) is 9.47 Å². The summed E-state index contributed by atoms with van der Waals surface area (Å²) in [5.41, 5.74) is -1.49. The molecule has 0 bridgehead atoms. The number of carbonyl (C=O) groups is 4. The Morgan fingerprint density at radius 3 is 2.54 bits per heavy atom. The van der Waals surface area contributed by atoms with Gasteiger partial charge in [0, 0.05) is 48.5 Å². The molecule has 4 heterocycles. The summed E-state index contributed by atoms with van der Waals surface area (Å²) in [5.74, 6) is -0.790. The van der Waals surface area contributed by atoms with E-state index in [9.17, 15) is 19.2 Å². The number of ether oxygens (including phenoxy) is 2. The molecule has 210 valence electrons. The molecule has 1 aliphatic carbocycles. The molecule has 5 aliphatic rings. The quantitative estimate of drug-likeness (QED) is 0.255. The van der Waals surface area contributed by atoms with Gasteiger partial charge in [-0.1, -0.05) is 19.1 Å². The zero-order valence-corrected chi connectivity index (χ0v) is 23.6. The minimum Gasteiger partial charge on any atom is -0.462 e. The molecule has 0 aromatic heterocycles. The highest BCUT2D eigenvalue weighted by Gasteiger charge is 2.74. The molecule has 1 spiro atoms. The Kier molecular flexibility index (Phi) is 5.76. The Morgan fingerprint density at radius 1 is 1.21 bits per heavy atom. The second-order valence-electron chi connectivity index (χ2n) is 13.2. The highest BCUT2D eigenvalue weighted by molar-refractivity contribution is 6.16. The molecule has 1 aromatic carbocycles. The van der Waals surface area contributed by atoms with Crippen LogP contribution in [0.4, 0.5) is 5.69 Å². The zero-order valence-electron chi connectivity index (χ0n) is 23.6. The first-order valence-electron chi connectivity index (χ1n) is 14.1. The van der Waals surface area contributed by atoms with Crippen molar-refractivity contribution in [2.24, 2.45) is 11.3 Å². The van der Waals surface area contributed by atoms with Gasteiger partial charge in [0.15, 0.2) is 5.78 Å². The normalized spacial score (nSPS) is 41.8. The summed E-state index contributed by atoms with van der Waals surface area (Å²) in [4.78, 5) is 55.0. The van der Waals surface area contributed by atoms with E-state index in [1.54, 1.807) is 6.07 Å². The second-order valence-corrected chi connectivity index (χ2v) is 13.2. The Bertz CT molecular complexity index is 1280. The number of likely N-dealkylation sites (N-methyl/N-ethyl adjacent to an activating group) is 1. The number of fused-ring (bicyclic) bond motifs is 4. The van der Waals surface area contributed by atoms with E-state index in [0.717, 1.165) is 18.3 Å². The Morgan fingerprint density at radius 2 is 1.92 bits per heavy atom. The van der Waals surface area contributed by atoms with Crippen LogP contribution in [-0.2, 0) is 29.3 Å². The van der Waals surface area contributed by atoms with Crippen LogP contribution in [0.25, 0.3) is 0 Å². The number of amides is 1. The van der Waals surface area contributed by atoms with Crippen molar-refractivity contribution in [1.29, 1.82) is 0 Å². The summed E-state index contributed by atoms with van der Waals surface area (Å²) >= 11 is 0. The number of hydrogen-bond donors (Lipinski definition) is 2. The van der Waals surface area contributed by atoms with Gasteiger partial charge < -0.3 is 24.9 Å². The molecule has 8 atom stereocenters. The molecule has 4 aliphatic heterocycles. The van der Waals surface area contributed by atoms with Gasteiger partial charge in [-0.3, -0.25) is 19.3 Å². The third-order valence-corrected chi connectivity index (χ3v) is 10.8. The van der Waals surface area contributed by atoms with Crippen molar-refractivity contribution in [3.05, 3.63) is 29.3 Å². The number of nitrogens with zero attached hydrogens (tertiary/aromatic N) is 1. The maximum absolute atomic E-state index is 14.2. The van der Waals surface area contributed by atoms with Crippen molar-refractivity contribution < 1.29 is 28.7 Å². The molecule has 1 saturated carbocycles. The summed E-state index contributed by atoms with van der Waals surface area (Å²) < 4.78 is 11.3. The summed E-state index contributed by atoms with van der Waals surface area (Å²) in [7, 11) is 1.92. The lowest BCUT2D eigenvalue weighted by molar-refractivity contribution is -0.153. The van der Waals surface area contributed by atoms with Crippen LogP contribution in [-0.4, -0.2) is 77.9 Å². The maximum Gasteiger partial charge on any atom is 0.302 e. The van der Waals surface area contributed by atoms with E-state index in [-0.39, 0.29) is 41.8 Å². The fourth-order valence-electron chi connectivity index (χ4n) is 8.76. The highest BCUT2D eigenvalue weighted by atomic mass is 16.6. The van der Waals surface area contributed by atoms with Crippen LogP contribution in [0.2, 0.25) is 0 Å². The van der Waals surface area contributed by atoms with E-state index in [1.165, 1.54) is 6.92 Å². The predicted octanol–water partition coefficient (Wildman–Crippen LogP) is 2.61. The standard InChI is InChI=1S/C30H39N3O6/c1-16-10-19(38-17(2)35)11-18-12-22-28(5,15-34)30(13-29(22,31-6)14-33(16)18)21-9-7-8-20(23(21)32-26(30)37)24(36)25-27(3,4)39-25/h7-9,15-16,18-19,22,25,31H,10-14H2,1-6H3,(H,32,37)/t16-,18+,19+,22+,25+,28+,29+,30-/m0/s1. The van der Waals surface area contributed by atoms with E-state index in [1.807, 2.05) is 40.0 Å². The first-order valence-corrected chi connectivity index (χ1v) is 14.1. The van der Waals surface area contributed by atoms with E-state index in [2.05, 4.69) is 22.5 Å². The average molecular weight is 538 g/mol. The third-order valence-electron chi connectivity index (χ3n) is 10.8. The minimum atomic E-state index is -1.12. The molecule has 3 saturated heterocycles. The van der Waals surface area contributed by atoms with E-state index >= 15 is 0 Å². The van der Waals surface area contributed by atoms with Gasteiger partial charge in [-0.2, -0.15) is 0 Å². The molecule has 0 radical (unpaired) electrons. The SMILES string of the molecule is CN[C@]12CN3[C@H](C[C@H](OC(C)=O)C[C@@H]3C)C[C@@H]1[C@@](C)(C=O)[C@]1(C2)C(=O)Nc2c(C(=O)[C@H]3OC3(C)C)cccc21. The number of benzene rings is 1. The molecule has 39 heavy (non-hydrogen) atoms. The molecule has 9 heteroatoms. The Hall–Kier alpha value is -2.62. The maximum atomic E-state index is 14.2. The number of carbonyl (C=O) groups excluding carboxylic acids is 4. The minimum absolute atomic E-state index is 0.130. The number of ketones is 1. The van der Waals surface area contributed by atoms with Gasteiger partial charge in [0.2, 0.25) is 5.91 Å². The molecular formula is C30H39N3O6. The largest absolute Gasteiger partial charge is 0.462 e. The number of nitrogens with one attached hydrogen (secondary N) is 2. The number of hydrogen-bond acceptors (Lipinski definition) is 8. The lowest BCUT2D eigenvalue weighted by Crippen LogP contribution is -2.67. The van der Waals surface area contributed by atoms with Crippen LogP contribution in [0.1, 0.15) is 76.2 Å². The molecule has 6 rings (SSSR count). The number of aldehydes is 1. The van der Waals surface area contributed by atoms with Crippen LogP contribution in [0.5, 0.6) is 0 Å². The number of esters is 1. The molecule has 4 fully saturated rings. The summed E-state index contributed by atoms with van der Waals surface area (Å²) in [6.45, 7) is 9.96. The van der Waals surface area contributed by atoms with Crippen LogP contribution in [0.15, 0.2) is 18.2 Å². The van der Waals surface area contributed by atoms with E-state index < -0.39 is 28.1 Å². The first kappa shape index (κ1) is 26.6. The van der Waals surface area contributed by atoms with Crippen molar-refractivity contribution in [3.63, 3.8) is 0 Å². The van der Waals surface area contributed by atoms with Crippen molar-refractivity contribution in [2.45, 2.75) is 101 Å². The number of rotatable bonds is 5. The number of anilines is 1. The molecule has 1 aromatic rings. The fourth-order valence-corrected chi connectivity index (χ4v) is 8.76. The monoisotopic (exact) mass is 537 g/mol. The van der Waals surface area contributed by atoms with Crippen molar-refractivity contribution in [2.75, 3.05) is 18.9 Å². The summed E-state index contributed by atoms with van der Waals surface area (Å²) in [6.07, 6.45) is 2.89. The Labute approximate surface area is 229 Å². The number of Topliss-reactive ketones (excluding diaryl/α,β-unsaturated/α-hetero) is 1. The van der Waals surface area contributed by atoms with Gasteiger partial charge >= 0.3 is 5.97 Å². The smallest absolute Gasteiger partial charge is 0.302 e. The van der Waals surface area contributed by atoms with Gasteiger partial charge in [-0.25, -0.2) is 0 Å². The summed E-state index contributed by atoms with van der Waals surface area (Å²) in [5, 5.41) is 6.65. The Balaban J connectivity index is 1.43. The molecule has 9 nitrogen and oxygen atoms in total. The fraction of sp³-hybridized carbons (Fsp3) is 0.667. The second kappa shape index (κ2) is 8.44. The zero-order chi connectivity index (χ0) is 28.1. The van der Waals surface area contributed by atoms with Gasteiger partial charge in [0.1, 0.15) is 18.5 Å². The third kappa shape index (κ3) is 3.48. The highest BCUT2D eigenvalue weighted by Crippen LogP contribution is 2.67. The van der Waals surface area contributed by atoms with Crippen LogP contribution in [0, 0.1) is 11.3 Å². The summed E-state index contributed by atoms with van der Waals surface area (Å²) in [6, 6.07) is 5.78. The topological polar surface area (TPSA) is 117 Å². The van der Waals surface area contributed by atoms with Gasteiger partial charge in [0.05, 0.1) is 16.7 Å². The van der Waals surface area contributed by atoms with Crippen LogP contribution >= 0.6 is 0 Å². The van der Waals surface area contributed by atoms with E-state index in [0.29, 0.717) is 37.1 Å². The average Bonchev–Trinajstić information content (AvgIpc) is 3.33. The lowest BCUT2D eigenvalue weighted by atomic mass is 9.59. The van der Waals surface area contributed by atoms with Crippen LogP contribution < -0.4 is 10.6 Å². The predicted molar refractivity (Wildman–Crippen MR) is 143 cm³/mol. The number of piperidine rings is 2. The molecule has 0 unspecified atom stereocenters. The molecular weight excluding hydrogens is 498 g/mol. The first-order chi connectivity index (χ1) is 18.3. The number of epoxide rings is 1. The number of para-hydroxylation sites is 1. The lowest BCUT2D eigenvalue weighted by Gasteiger charge is -2.55. The van der Waals surface area contributed by atoms with Crippen molar-refractivity contribution >= 4 is 29.6 Å². The van der Waals surface area contributed by atoms with Gasteiger partial charge in [-0.05, 0) is 64.6 Å². The molecule has 1 amide bonds.